The molecule has 8 heteroatoms. The number of sulfonamides is 1. The van der Waals surface area contributed by atoms with Crippen molar-refractivity contribution in [1.29, 1.82) is 0 Å². The average molecular weight is 314 g/mol. The minimum Gasteiger partial charge on any atom is -0.426 e. The van der Waals surface area contributed by atoms with Crippen LogP contribution in [0.25, 0.3) is 10.2 Å². The molecule has 0 spiro atoms. The Morgan fingerprint density at radius 2 is 2.00 bits per heavy atom. The van der Waals surface area contributed by atoms with Crippen LogP contribution in [0.3, 0.4) is 0 Å². The maximum Gasteiger partial charge on any atom is 0.316 e. The van der Waals surface area contributed by atoms with Crippen molar-refractivity contribution in [3.63, 3.8) is 0 Å². The molecule has 2 rings (SSSR count). The maximum absolute atomic E-state index is 11.8. The van der Waals surface area contributed by atoms with Crippen molar-refractivity contribution in [3.05, 3.63) is 18.2 Å². The molecule has 0 unspecified atom stereocenters. The van der Waals surface area contributed by atoms with E-state index in [2.05, 4.69) is 4.98 Å². The van der Waals surface area contributed by atoms with Gasteiger partial charge in [-0.3, -0.25) is 4.79 Å². The van der Waals surface area contributed by atoms with E-state index in [0.717, 1.165) is 11.3 Å². The molecule has 0 aliphatic heterocycles. The Bertz CT molecular complexity index is 772. The molecule has 1 heterocycles. The van der Waals surface area contributed by atoms with Gasteiger partial charge in [-0.1, -0.05) is 0 Å². The highest BCUT2D eigenvalue weighted by Gasteiger charge is 2.24. The van der Waals surface area contributed by atoms with Crippen molar-refractivity contribution in [1.82, 2.24) is 4.98 Å². The third-order valence-electron chi connectivity index (χ3n) is 2.41. The first-order chi connectivity index (χ1) is 9.07. The van der Waals surface area contributed by atoms with Gasteiger partial charge in [-0.05, 0) is 32.9 Å². The molecule has 20 heavy (non-hydrogen) atoms. The van der Waals surface area contributed by atoms with Gasteiger partial charge >= 0.3 is 5.97 Å². The van der Waals surface area contributed by atoms with Crippen LogP contribution in [0, 0.1) is 5.41 Å². The number of carbonyl (C=O) groups is 1. The fourth-order valence-electron chi connectivity index (χ4n) is 1.33. The van der Waals surface area contributed by atoms with E-state index < -0.39 is 15.4 Å². The van der Waals surface area contributed by atoms with Crippen molar-refractivity contribution in [2.75, 3.05) is 0 Å². The Morgan fingerprint density at radius 3 is 2.55 bits per heavy atom. The molecule has 0 fully saturated rings. The molecular formula is C12H14N2O4S2. The minimum absolute atomic E-state index is 0.160. The minimum atomic E-state index is -3.82. The van der Waals surface area contributed by atoms with Crippen molar-refractivity contribution in [2.24, 2.45) is 10.6 Å². The zero-order valence-corrected chi connectivity index (χ0v) is 12.8. The normalized spacial score (nSPS) is 12.6. The number of nitrogens with two attached hydrogens (primary N) is 1. The quantitative estimate of drug-likeness (QED) is 0.674. The summed E-state index contributed by atoms with van der Waals surface area (Å²) in [6, 6.07) is 4.76. The molecule has 0 radical (unpaired) electrons. The number of hydrogen-bond donors (Lipinski definition) is 1. The van der Waals surface area contributed by atoms with Gasteiger partial charge in [0.25, 0.3) is 10.0 Å². The largest absolute Gasteiger partial charge is 0.426 e. The van der Waals surface area contributed by atoms with Gasteiger partial charge in [0.2, 0.25) is 4.34 Å². The van der Waals surface area contributed by atoms with E-state index in [-0.39, 0.29) is 10.3 Å². The number of ether oxygens (including phenoxy) is 1. The molecule has 0 bridgehead atoms. The third-order valence-corrected chi connectivity index (χ3v) is 4.76. The van der Waals surface area contributed by atoms with Crippen LogP contribution in [0.2, 0.25) is 0 Å². The Kier molecular flexibility index (Phi) is 3.57. The summed E-state index contributed by atoms with van der Waals surface area (Å²) in [5.41, 5.74) is -0.193. The number of benzene rings is 1. The van der Waals surface area contributed by atoms with E-state index in [1.165, 1.54) is 6.07 Å². The van der Waals surface area contributed by atoms with E-state index >= 15 is 0 Å². The molecular weight excluding hydrogens is 300 g/mol. The molecule has 0 atom stereocenters. The monoisotopic (exact) mass is 314 g/mol. The number of hydrogen-bond acceptors (Lipinski definition) is 6. The predicted molar refractivity (Wildman–Crippen MR) is 76.1 cm³/mol. The Morgan fingerprint density at radius 1 is 1.35 bits per heavy atom. The molecule has 0 amide bonds. The van der Waals surface area contributed by atoms with Crippen molar-refractivity contribution in [2.45, 2.75) is 25.1 Å². The third kappa shape index (κ3) is 3.14. The van der Waals surface area contributed by atoms with Crippen LogP contribution >= 0.6 is 11.3 Å². The number of fused-ring (bicyclic) bond motifs is 1. The first kappa shape index (κ1) is 14.9. The molecule has 0 aliphatic rings. The van der Waals surface area contributed by atoms with Gasteiger partial charge in [-0.2, -0.15) is 0 Å². The molecule has 1 aromatic heterocycles. The van der Waals surface area contributed by atoms with E-state index in [9.17, 15) is 13.2 Å². The summed E-state index contributed by atoms with van der Waals surface area (Å²) in [7, 11) is -3.82. The van der Waals surface area contributed by atoms with Gasteiger partial charge in [0.15, 0.2) is 0 Å². The standard InChI is InChI=1S/C12H14N2O4S2/c1-12(2,3)10(15)18-7-4-5-9-8(6-7)14-11(19-9)20(13,16)17/h4-6H,1-3H3,(H2,13,16,17). The molecule has 108 valence electrons. The van der Waals surface area contributed by atoms with Crippen LogP contribution in [0.1, 0.15) is 20.8 Å². The van der Waals surface area contributed by atoms with Crippen LogP contribution in [-0.2, 0) is 14.8 Å². The number of esters is 1. The van der Waals surface area contributed by atoms with Crippen molar-refractivity contribution >= 4 is 37.5 Å². The summed E-state index contributed by atoms with van der Waals surface area (Å²) in [4.78, 5) is 15.7. The van der Waals surface area contributed by atoms with Crippen LogP contribution in [0.15, 0.2) is 22.5 Å². The summed E-state index contributed by atoms with van der Waals surface area (Å²) < 4.78 is 28.2. The molecule has 6 nitrogen and oxygen atoms in total. The smallest absolute Gasteiger partial charge is 0.316 e. The van der Waals surface area contributed by atoms with E-state index in [1.54, 1.807) is 32.9 Å². The summed E-state index contributed by atoms with van der Waals surface area (Å²) in [6.45, 7) is 5.24. The zero-order chi connectivity index (χ0) is 15.1. The fraction of sp³-hybridized carbons (Fsp3) is 0.333. The Labute approximate surface area is 120 Å². The second kappa shape index (κ2) is 4.80. The number of rotatable bonds is 2. The van der Waals surface area contributed by atoms with Crippen LogP contribution in [0.5, 0.6) is 5.75 Å². The second-order valence-electron chi connectivity index (χ2n) is 5.29. The lowest BCUT2D eigenvalue weighted by molar-refractivity contribution is -0.142. The summed E-state index contributed by atoms with van der Waals surface area (Å²) in [5.74, 6) is -0.0533. The molecule has 0 aliphatic carbocycles. The lowest BCUT2D eigenvalue weighted by Gasteiger charge is -2.16. The number of aromatic nitrogens is 1. The van der Waals surface area contributed by atoms with Crippen molar-refractivity contribution < 1.29 is 17.9 Å². The SMILES string of the molecule is CC(C)(C)C(=O)Oc1ccc2sc(S(N)(=O)=O)nc2c1. The van der Waals surface area contributed by atoms with Gasteiger partial charge in [-0.15, -0.1) is 11.3 Å². The lowest BCUT2D eigenvalue weighted by Crippen LogP contribution is -2.25. The molecule has 0 saturated heterocycles. The van der Waals surface area contributed by atoms with E-state index in [0.29, 0.717) is 16.0 Å². The summed E-state index contributed by atoms with van der Waals surface area (Å²) in [5, 5.41) is 5.03. The Balaban J connectivity index is 2.37. The van der Waals surface area contributed by atoms with Gasteiger partial charge in [-0.25, -0.2) is 18.5 Å². The van der Waals surface area contributed by atoms with E-state index in [1.807, 2.05) is 0 Å². The highest BCUT2D eigenvalue weighted by molar-refractivity contribution is 7.91. The van der Waals surface area contributed by atoms with Crippen molar-refractivity contribution in [3.8, 4) is 5.75 Å². The molecule has 0 saturated carbocycles. The van der Waals surface area contributed by atoms with Gasteiger partial charge in [0, 0.05) is 6.07 Å². The summed E-state index contributed by atoms with van der Waals surface area (Å²) >= 11 is 0.973. The summed E-state index contributed by atoms with van der Waals surface area (Å²) in [6.07, 6.45) is 0. The lowest BCUT2D eigenvalue weighted by atomic mass is 9.97. The highest BCUT2D eigenvalue weighted by Crippen LogP contribution is 2.28. The topological polar surface area (TPSA) is 99.4 Å². The second-order valence-corrected chi connectivity index (χ2v) is 8.06. The first-order valence-corrected chi connectivity index (χ1v) is 8.09. The number of primary sulfonamides is 1. The van der Waals surface area contributed by atoms with Crippen LogP contribution in [0.4, 0.5) is 0 Å². The average Bonchev–Trinajstić information content (AvgIpc) is 2.70. The predicted octanol–water partition coefficient (Wildman–Crippen LogP) is 1.90. The van der Waals surface area contributed by atoms with Gasteiger partial charge < -0.3 is 4.74 Å². The van der Waals surface area contributed by atoms with E-state index in [4.69, 9.17) is 9.88 Å². The maximum atomic E-state index is 11.8. The first-order valence-electron chi connectivity index (χ1n) is 5.73. The van der Waals surface area contributed by atoms with Gasteiger partial charge in [0.05, 0.1) is 15.6 Å². The zero-order valence-electron chi connectivity index (χ0n) is 11.2. The fourth-order valence-corrected chi connectivity index (χ4v) is 2.97. The molecule has 2 aromatic rings. The van der Waals surface area contributed by atoms with Crippen LogP contribution in [-0.4, -0.2) is 19.4 Å². The molecule has 2 N–H and O–H groups in total. The highest BCUT2D eigenvalue weighted by atomic mass is 32.2. The van der Waals surface area contributed by atoms with Gasteiger partial charge in [0.1, 0.15) is 5.75 Å². The number of carbonyl (C=O) groups excluding carboxylic acids is 1. The Hall–Kier alpha value is -1.51. The number of nitrogens with zero attached hydrogens (tertiary/aromatic N) is 1. The number of thiazole rings is 1. The molecule has 1 aromatic carbocycles. The van der Waals surface area contributed by atoms with Crippen LogP contribution < -0.4 is 9.88 Å².